The Morgan fingerprint density at radius 3 is 0.942 bits per heavy atom. The van der Waals surface area contributed by atoms with Gasteiger partial charge in [0.1, 0.15) is 13.2 Å². The molecule has 0 aliphatic heterocycles. The first kappa shape index (κ1) is 65.8. The van der Waals surface area contributed by atoms with Crippen molar-refractivity contribution >= 4 is 17.9 Å². The van der Waals surface area contributed by atoms with Crippen LogP contribution in [0.4, 0.5) is 0 Å². The van der Waals surface area contributed by atoms with Crippen molar-refractivity contribution in [2.75, 3.05) is 13.2 Å². The molecule has 0 aliphatic carbocycles. The summed E-state index contributed by atoms with van der Waals surface area (Å²) in [5, 5.41) is 0. The molecule has 1 atom stereocenters. The van der Waals surface area contributed by atoms with E-state index in [0.717, 1.165) is 83.5 Å². The van der Waals surface area contributed by atoms with Gasteiger partial charge in [0, 0.05) is 19.3 Å². The van der Waals surface area contributed by atoms with Crippen molar-refractivity contribution in [2.24, 2.45) is 0 Å². The van der Waals surface area contributed by atoms with Crippen molar-refractivity contribution in [3.8, 4) is 0 Å². The van der Waals surface area contributed by atoms with Gasteiger partial charge in [0.15, 0.2) is 6.10 Å². The molecule has 0 saturated carbocycles. The second kappa shape index (κ2) is 57.4. The summed E-state index contributed by atoms with van der Waals surface area (Å²) in [5.74, 6) is -0.955. The predicted octanol–water partition coefficient (Wildman–Crippen LogP) is 19.8. The average Bonchev–Trinajstić information content (AvgIpc) is 3.35. The zero-order valence-corrected chi connectivity index (χ0v) is 45.6. The lowest BCUT2D eigenvalue weighted by Crippen LogP contribution is -2.30. The van der Waals surface area contributed by atoms with E-state index >= 15 is 0 Å². The molecule has 0 heterocycles. The van der Waals surface area contributed by atoms with Crippen molar-refractivity contribution in [1.29, 1.82) is 0 Å². The van der Waals surface area contributed by atoms with Crippen molar-refractivity contribution < 1.29 is 28.6 Å². The maximum absolute atomic E-state index is 12.8. The van der Waals surface area contributed by atoms with Crippen molar-refractivity contribution in [1.82, 2.24) is 0 Å². The molecular formula is C63H110O6. The van der Waals surface area contributed by atoms with E-state index in [2.05, 4.69) is 93.7 Å². The number of carbonyl (C=O) groups excluding carboxylic acids is 3. The van der Waals surface area contributed by atoms with Crippen LogP contribution in [-0.2, 0) is 28.6 Å². The van der Waals surface area contributed by atoms with Gasteiger partial charge in [-0.25, -0.2) is 0 Å². The van der Waals surface area contributed by atoms with Crippen LogP contribution in [0.2, 0.25) is 0 Å². The third kappa shape index (κ3) is 55.6. The normalized spacial score (nSPS) is 12.6. The van der Waals surface area contributed by atoms with E-state index in [1.54, 1.807) is 0 Å². The summed E-state index contributed by atoms with van der Waals surface area (Å²) in [5.41, 5.74) is 0. The van der Waals surface area contributed by atoms with Crippen molar-refractivity contribution in [3.05, 3.63) is 72.9 Å². The van der Waals surface area contributed by atoms with Crippen LogP contribution >= 0.6 is 0 Å². The van der Waals surface area contributed by atoms with E-state index in [4.69, 9.17) is 14.2 Å². The lowest BCUT2D eigenvalue weighted by molar-refractivity contribution is -0.167. The molecule has 0 radical (unpaired) electrons. The van der Waals surface area contributed by atoms with Gasteiger partial charge in [0.05, 0.1) is 0 Å². The lowest BCUT2D eigenvalue weighted by atomic mass is 10.0. The summed E-state index contributed by atoms with van der Waals surface area (Å²) in [6.45, 7) is 6.50. The molecule has 0 N–H and O–H groups in total. The predicted molar refractivity (Wildman–Crippen MR) is 298 cm³/mol. The number of unbranched alkanes of at least 4 members (excludes halogenated alkanes) is 30. The van der Waals surface area contributed by atoms with Gasteiger partial charge in [-0.3, -0.25) is 14.4 Å². The highest BCUT2D eigenvalue weighted by Gasteiger charge is 2.19. The van der Waals surface area contributed by atoms with Gasteiger partial charge >= 0.3 is 17.9 Å². The topological polar surface area (TPSA) is 78.9 Å². The molecule has 0 rings (SSSR count). The number of ether oxygens (including phenoxy) is 3. The number of rotatable bonds is 53. The Hall–Kier alpha value is -3.15. The van der Waals surface area contributed by atoms with E-state index in [-0.39, 0.29) is 37.5 Å². The minimum absolute atomic E-state index is 0.0981. The molecule has 0 saturated heterocycles. The Kier molecular flexibility index (Phi) is 54.8. The monoisotopic (exact) mass is 963 g/mol. The molecule has 0 bridgehead atoms. The highest BCUT2D eigenvalue weighted by molar-refractivity contribution is 5.71. The van der Waals surface area contributed by atoms with Gasteiger partial charge < -0.3 is 14.2 Å². The minimum Gasteiger partial charge on any atom is -0.462 e. The van der Waals surface area contributed by atoms with Gasteiger partial charge in [-0.1, -0.05) is 261 Å². The summed E-state index contributed by atoms with van der Waals surface area (Å²) in [7, 11) is 0. The standard InChI is InChI=1S/C63H110O6/c1-4-7-10-13-16-19-22-25-28-30-31-33-35-38-41-44-47-50-53-56-62(65)68-59-60(58-67-61(64)55-52-49-46-43-40-37-34-27-24-21-18-15-12-9-6-3)69-63(66)57-54-51-48-45-42-39-36-32-29-26-23-20-17-14-11-8-5-2/h8,11,17,20,26-27,29,34,36,39,45,48,60H,4-7,9-10,12-16,18-19,21-25,28,30-33,35,37-38,40-44,46-47,49-59H2,1-3H3/b11-8-,20-17-,29-26-,34-27-,39-36-,48-45-/t60-/m1/s1. The molecule has 0 aromatic rings. The summed E-state index contributed by atoms with van der Waals surface area (Å²) in [4.78, 5) is 38.2. The minimum atomic E-state index is -0.807. The average molecular weight is 964 g/mol. The van der Waals surface area contributed by atoms with Crippen LogP contribution in [0.15, 0.2) is 72.9 Å². The molecule has 0 fully saturated rings. The third-order valence-electron chi connectivity index (χ3n) is 12.7. The summed E-state index contributed by atoms with van der Waals surface area (Å²) >= 11 is 0. The van der Waals surface area contributed by atoms with Crippen LogP contribution in [0, 0.1) is 0 Å². The second-order valence-corrected chi connectivity index (χ2v) is 19.5. The quantitative estimate of drug-likeness (QED) is 0.0262. The molecule has 69 heavy (non-hydrogen) atoms. The molecule has 398 valence electrons. The Balaban J connectivity index is 4.43. The molecule has 0 amide bonds. The maximum Gasteiger partial charge on any atom is 0.306 e. The molecule has 6 heteroatoms. The molecular weight excluding hydrogens is 853 g/mol. The zero-order valence-electron chi connectivity index (χ0n) is 45.6. The molecule has 0 aromatic heterocycles. The maximum atomic E-state index is 12.8. The lowest BCUT2D eigenvalue weighted by Gasteiger charge is -2.18. The molecule has 0 aliphatic rings. The van der Waals surface area contributed by atoms with Crippen LogP contribution < -0.4 is 0 Å². The van der Waals surface area contributed by atoms with Gasteiger partial charge in [-0.05, 0) is 83.5 Å². The Bertz CT molecular complexity index is 1290. The van der Waals surface area contributed by atoms with Gasteiger partial charge in [0.2, 0.25) is 0 Å². The highest BCUT2D eigenvalue weighted by atomic mass is 16.6. The van der Waals surface area contributed by atoms with Crippen LogP contribution in [0.1, 0.15) is 290 Å². The van der Waals surface area contributed by atoms with E-state index in [9.17, 15) is 14.4 Å². The first-order valence-corrected chi connectivity index (χ1v) is 29.4. The van der Waals surface area contributed by atoms with Crippen LogP contribution in [0.3, 0.4) is 0 Å². The molecule has 0 spiro atoms. The third-order valence-corrected chi connectivity index (χ3v) is 12.7. The highest BCUT2D eigenvalue weighted by Crippen LogP contribution is 2.16. The molecule has 6 nitrogen and oxygen atoms in total. The molecule has 0 unspecified atom stereocenters. The van der Waals surface area contributed by atoms with Gasteiger partial charge in [-0.2, -0.15) is 0 Å². The number of carbonyl (C=O) groups is 3. The summed E-state index contributed by atoms with van der Waals surface area (Å²) in [6.07, 6.45) is 73.3. The first-order chi connectivity index (χ1) is 34.0. The SMILES string of the molecule is CC/C=C\C/C=C\C/C=C\C/C=C\C/C=C\CCCC(=O)O[C@H](COC(=O)CCCCCCC/C=C\CCCCCCCC)COC(=O)CCCCCCCCCCCCCCCCCCCCC. The molecule has 0 aromatic carbocycles. The van der Waals surface area contributed by atoms with Gasteiger partial charge in [0.25, 0.3) is 0 Å². The van der Waals surface area contributed by atoms with Crippen molar-refractivity contribution in [3.63, 3.8) is 0 Å². The Morgan fingerprint density at radius 1 is 0.304 bits per heavy atom. The first-order valence-electron chi connectivity index (χ1n) is 29.4. The van der Waals surface area contributed by atoms with E-state index in [1.165, 1.54) is 161 Å². The number of hydrogen-bond donors (Lipinski definition) is 0. The largest absolute Gasteiger partial charge is 0.462 e. The number of allylic oxidation sites excluding steroid dienone is 12. The Labute approximate surface area is 427 Å². The van der Waals surface area contributed by atoms with E-state index in [1.807, 2.05) is 0 Å². The van der Waals surface area contributed by atoms with Crippen LogP contribution in [-0.4, -0.2) is 37.2 Å². The van der Waals surface area contributed by atoms with Gasteiger partial charge in [-0.15, -0.1) is 0 Å². The fourth-order valence-corrected chi connectivity index (χ4v) is 8.30. The van der Waals surface area contributed by atoms with E-state index < -0.39 is 6.10 Å². The van der Waals surface area contributed by atoms with E-state index in [0.29, 0.717) is 19.3 Å². The number of hydrogen-bond acceptors (Lipinski definition) is 6. The second-order valence-electron chi connectivity index (χ2n) is 19.5. The number of esters is 3. The van der Waals surface area contributed by atoms with Crippen molar-refractivity contribution in [2.45, 2.75) is 297 Å². The van der Waals surface area contributed by atoms with Crippen LogP contribution in [0.25, 0.3) is 0 Å². The summed E-state index contributed by atoms with van der Waals surface area (Å²) in [6, 6.07) is 0. The summed E-state index contributed by atoms with van der Waals surface area (Å²) < 4.78 is 16.8. The fraction of sp³-hybridized carbons (Fsp3) is 0.762. The van der Waals surface area contributed by atoms with Crippen LogP contribution in [0.5, 0.6) is 0 Å². The zero-order chi connectivity index (χ0) is 50.0. The fourth-order valence-electron chi connectivity index (χ4n) is 8.30. The Morgan fingerprint density at radius 2 is 0.580 bits per heavy atom. The smallest absolute Gasteiger partial charge is 0.306 e.